The quantitative estimate of drug-likeness (QED) is 0.833. The van der Waals surface area contributed by atoms with Gasteiger partial charge < -0.3 is 15.1 Å². The van der Waals surface area contributed by atoms with Crippen LogP contribution in [-0.2, 0) is 0 Å². The highest BCUT2D eigenvalue weighted by Crippen LogP contribution is 2.19. The van der Waals surface area contributed by atoms with Crippen LogP contribution in [0.5, 0.6) is 0 Å². The fourth-order valence-electron chi connectivity index (χ4n) is 3.29. The molecule has 1 aromatic carbocycles. The van der Waals surface area contributed by atoms with Gasteiger partial charge in [0, 0.05) is 25.2 Å². The van der Waals surface area contributed by atoms with Crippen LogP contribution in [0.2, 0.25) is 0 Å². The molecule has 2 rings (SSSR count). The molecule has 1 heterocycles. The number of benzene rings is 1. The van der Waals surface area contributed by atoms with Crippen LogP contribution in [0.3, 0.4) is 0 Å². The number of hydrogen-bond donors (Lipinski definition) is 1. The SMILES string of the molecule is CCNC(CCN1CCCC(N(C)C)C1)c1ccccc1. The van der Waals surface area contributed by atoms with Gasteiger partial charge in [0.15, 0.2) is 0 Å². The van der Waals surface area contributed by atoms with E-state index in [2.05, 4.69) is 66.5 Å². The van der Waals surface area contributed by atoms with Crippen LogP contribution in [0.25, 0.3) is 0 Å². The average Bonchev–Trinajstić information content (AvgIpc) is 2.52. The average molecular weight is 289 g/mol. The smallest absolute Gasteiger partial charge is 0.0332 e. The second kappa shape index (κ2) is 8.52. The maximum atomic E-state index is 3.64. The third-order valence-corrected chi connectivity index (χ3v) is 4.60. The van der Waals surface area contributed by atoms with Crippen molar-refractivity contribution in [2.24, 2.45) is 0 Å². The Hall–Kier alpha value is -0.900. The van der Waals surface area contributed by atoms with Gasteiger partial charge in [-0.05, 0) is 52.0 Å². The number of rotatable bonds is 7. The third kappa shape index (κ3) is 5.10. The lowest BCUT2D eigenvalue weighted by Gasteiger charge is -2.36. The molecule has 1 saturated heterocycles. The summed E-state index contributed by atoms with van der Waals surface area (Å²) >= 11 is 0. The Morgan fingerprint density at radius 3 is 2.71 bits per heavy atom. The lowest BCUT2D eigenvalue weighted by Crippen LogP contribution is -2.45. The summed E-state index contributed by atoms with van der Waals surface area (Å²) in [5.74, 6) is 0. The van der Waals surface area contributed by atoms with Crippen LogP contribution in [0, 0.1) is 0 Å². The molecule has 1 aliphatic heterocycles. The Morgan fingerprint density at radius 1 is 1.29 bits per heavy atom. The molecule has 0 bridgehead atoms. The van der Waals surface area contributed by atoms with Crippen LogP contribution in [-0.4, -0.2) is 56.1 Å². The first kappa shape index (κ1) is 16.5. The molecule has 0 saturated carbocycles. The van der Waals surface area contributed by atoms with E-state index in [0.717, 1.165) is 12.6 Å². The standard InChI is InChI=1S/C18H31N3/c1-4-19-18(16-9-6-5-7-10-16)12-14-21-13-8-11-17(15-21)20(2)3/h5-7,9-10,17-19H,4,8,11-15H2,1-3H3. The van der Waals surface area contributed by atoms with Crippen molar-refractivity contribution in [1.82, 2.24) is 15.1 Å². The maximum absolute atomic E-state index is 3.64. The van der Waals surface area contributed by atoms with Crippen molar-refractivity contribution in [3.63, 3.8) is 0 Å². The Labute approximate surface area is 130 Å². The van der Waals surface area contributed by atoms with Crippen LogP contribution in [0.4, 0.5) is 0 Å². The van der Waals surface area contributed by atoms with E-state index in [1.165, 1.54) is 44.5 Å². The second-order valence-corrected chi connectivity index (χ2v) is 6.37. The number of nitrogens with zero attached hydrogens (tertiary/aromatic N) is 2. The number of nitrogens with one attached hydrogen (secondary N) is 1. The molecule has 1 aromatic rings. The van der Waals surface area contributed by atoms with E-state index in [4.69, 9.17) is 0 Å². The molecule has 2 unspecified atom stereocenters. The highest BCUT2D eigenvalue weighted by Gasteiger charge is 2.22. The molecular formula is C18H31N3. The zero-order chi connectivity index (χ0) is 15.1. The minimum Gasteiger partial charge on any atom is -0.310 e. The van der Waals surface area contributed by atoms with E-state index in [1.807, 2.05) is 0 Å². The summed E-state index contributed by atoms with van der Waals surface area (Å²) in [6, 6.07) is 12.1. The van der Waals surface area contributed by atoms with Gasteiger partial charge in [0.2, 0.25) is 0 Å². The van der Waals surface area contributed by atoms with E-state index in [0.29, 0.717) is 6.04 Å². The van der Waals surface area contributed by atoms with E-state index in [9.17, 15) is 0 Å². The molecule has 2 atom stereocenters. The molecule has 21 heavy (non-hydrogen) atoms. The van der Waals surface area contributed by atoms with Gasteiger partial charge in [-0.25, -0.2) is 0 Å². The zero-order valence-corrected chi connectivity index (χ0v) is 13.9. The highest BCUT2D eigenvalue weighted by atomic mass is 15.2. The normalized spacial score (nSPS) is 21.6. The minimum absolute atomic E-state index is 0.482. The Bertz CT molecular complexity index is 391. The predicted octanol–water partition coefficient (Wildman–Crippen LogP) is 2.75. The molecule has 118 valence electrons. The molecule has 0 amide bonds. The number of likely N-dealkylation sites (N-methyl/N-ethyl adjacent to an activating group) is 1. The van der Waals surface area contributed by atoms with Crippen molar-refractivity contribution in [1.29, 1.82) is 0 Å². The van der Waals surface area contributed by atoms with Crippen molar-refractivity contribution in [3.05, 3.63) is 35.9 Å². The third-order valence-electron chi connectivity index (χ3n) is 4.60. The molecule has 1 N–H and O–H groups in total. The zero-order valence-electron chi connectivity index (χ0n) is 13.9. The van der Waals surface area contributed by atoms with Gasteiger partial charge in [0.25, 0.3) is 0 Å². The van der Waals surface area contributed by atoms with E-state index in [-0.39, 0.29) is 0 Å². The summed E-state index contributed by atoms with van der Waals surface area (Å²) in [5, 5.41) is 3.64. The van der Waals surface area contributed by atoms with Crippen molar-refractivity contribution in [2.75, 3.05) is 40.3 Å². The number of likely N-dealkylation sites (tertiary alicyclic amines) is 1. The molecule has 1 fully saturated rings. The van der Waals surface area contributed by atoms with Gasteiger partial charge in [-0.15, -0.1) is 0 Å². The molecule has 3 nitrogen and oxygen atoms in total. The van der Waals surface area contributed by atoms with Crippen LogP contribution in [0.15, 0.2) is 30.3 Å². The van der Waals surface area contributed by atoms with Gasteiger partial charge in [-0.2, -0.15) is 0 Å². The van der Waals surface area contributed by atoms with E-state index >= 15 is 0 Å². The second-order valence-electron chi connectivity index (χ2n) is 6.37. The molecule has 0 spiro atoms. The number of hydrogen-bond acceptors (Lipinski definition) is 3. The molecule has 1 aliphatic rings. The lowest BCUT2D eigenvalue weighted by molar-refractivity contribution is 0.129. The maximum Gasteiger partial charge on any atom is 0.0332 e. The summed E-state index contributed by atoms with van der Waals surface area (Å²) < 4.78 is 0. The van der Waals surface area contributed by atoms with Gasteiger partial charge in [0.05, 0.1) is 0 Å². The molecule has 0 aromatic heterocycles. The van der Waals surface area contributed by atoms with Crippen molar-refractivity contribution in [3.8, 4) is 0 Å². The molecule has 0 radical (unpaired) electrons. The van der Waals surface area contributed by atoms with Gasteiger partial charge in [-0.3, -0.25) is 0 Å². The minimum atomic E-state index is 0.482. The fourth-order valence-corrected chi connectivity index (χ4v) is 3.29. The first-order valence-corrected chi connectivity index (χ1v) is 8.37. The first-order chi connectivity index (χ1) is 10.2. The molecular weight excluding hydrogens is 258 g/mol. The van der Waals surface area contributed by atoms with Crippen molar-refractivity contribution < 1.29 is 0 Å². The topological polar surface area (TPSA) is 18.5 Å². The van der Waals surface area contributed by atoms with Crippen LogP contribution < -0.4 is 5.32 Å². The lowest BCUT2D eigenvalue weighted by atomic mass is 10.0. The van der Waals surface area contributed by atoms with Crippen molar-refractivity contribution >= 4 is 0 Å². The van der Waals surface area contributed by atoms with E-state index < -0.39 is 0 Å². The van der Waals surface area contributed by atoms with Crippen LogP contribution >= 0.6 is 0 Å². The summed E-state index contributed by atoms with van der Waals surface area (Å²) in [5.41, 5.74) is 1.42. The largest absolute Gasteiger partial charge is 0.310 e. The van der Waals surface area contributed by atoms with Crippen LogP contribution in [0.1, 0.15) is 37.8 Å². The summed E-state index contributed by atoms with van der Waals surface area (Å²) in [6.45, 7) is 6.90. The summed E-state index contributed by atoms with van der Waals surface area (Å²) in [7, 11) is 4.42. The molecule has 3 heteroatoms. The predicted molar refractivity (Wildman–Crippen MR) is 90.6 cm³/mol. The Morgan fingerprint density at radius 2 is 2.05 bits per heavy atom. The summed E-state index contributed by atoms with van der Waals surface area (Å²) in [4.78, 5) is 5.02. The Balaban J connectivity index is 1.87. The van der Waals surface area contributed by atoms with Gasteiger partial charge in [-0.1, -0.05) is 37.3 Å². The monoisotopic (exact) mass is 289 g/mol. The fraction of sp³-hybridized carbons (Fsp3) is 0.667. The number of piperidine rings is 1. The first-order valence-electron chi connectivity index (χ1n) is 8.37. The van der Waals surface area contributed by atoms with Gasteiger partial charge >= 0.3 is 0 Å². The summed E-state index contributed by atoms with van der Waals surface area (Å²) in [6.07, 6.45) is 3.87. The highest BCUT2D eigenvalue weighted by molar-refractivity contribution is 5.18. The van der Waals surface area contributed by atoms with E-state index in [1.54, 1.807) is 0 Å². The van der Waals surface area contributed by atoms with Crippen molar-refractivity contribution in [2.45, 2.75) is 38.3 Å². The van der Waals surface area contributed by atoms with Gasteiger partial charge in [0.1, 0.15) is 0 Å². The molecule has 0 aliphatic carbocycles. The Kier molecular flexibility index (Phi) is 6.68.